The molecule has 332 valence electrons. The van der Waals surface area contributed by atoms with Crippen molar-refractivity contribution < 1.29 is 0 Å². The van der Waals surface area contributed by atoms with Crippen LogP contribution in [0.1, 0.15) is 22.3 Å². The van der Waals surface area contributed by atoms with Gasteiger partial charge in [-0.3, -0.25) is 0 Å². The summed E-state index contributed by atoms with van der Waals surface area (Å²) < 4.78 is 2.49. The van der Waals surface area contributed by atoms with Crippen molar-refractivity contribution in [2.75, 3.05) is 4.90 Å². The lowest BCUT2D eigenvalue weighted by Crippen LogP contribution is -2.29. The van der Waals surface area contributed by atoms with Crippen LogP contribution in [-0.4, -0.2) is 4.57 Å². The minimum absolute atomic E-state index is 0.636. The van der Waals surface area contributed by atoms with Crippen molar-refractivity contribution in [1.82, 2.24) is 4.57 Å². The number of anilines is 3. The number of benzene rings is 12. The SMILES string of the molecule is c1ccc(-c2ccc(-n3c4cc(N(c5ccc6c(c5)C(c5ccccc5)(c5ccccc5-c5ccccc5)c5ccccc5-6)c5cccc6ccccc56)ccc4c4ccc5ccccc5c43)cc2)cc1. The summed E-state index contributed by atoms with van der Waals surface area (Å²) in [6.45, 7) is 0. The number of hydrogen-bond acceptors (Lipinski definition) is 1. The third-order valence-corrected chi connectivity index (χ3v) is 15.0. The molecule has 0 fully saturated rings. The normalized spacial score (nSPS) is 14.0. The molecule has 13 aromatic rings. The number of nitrogens with zero attached hydrogens (tertiary/aromatic N) is 2. The lowest BCUT2D eigenvalue weighted by atomic mass is 9.66. The average molecular weight is 903 g/mol. The highest BCUT2D eigenvalue weighted by molar-refractivity contribution is 6.19. The Labute approximate surface area is 413 Å². The number of rotatable bonds is 8. The van der Waals surface area contributed by atoms with Gasteiger partial charge >= 0.3 is 0 Å². The molecule has 1 unspecified atom stereocenters. The van der Waals surface area contributed by atoms with Crippen molar-refractivity contribution in [2.45, 2.75) is 5.41 Å². The minimum atomic E-state index is -0.636. The van der Waals surface area contributed by atoms with Gasteiger partial charge in [-0.2, -0.15) is 0 Å². The summed E-state index contributed by atoms with van der Waals surface area (Å²) in [4.78, 5) is 2.50. The molecule has 14 rings (SSSR count). The number of aromatic nitrogens is 1. The van der Waals surface area contributed by atoms with Crippen molar-refractivity contribution in [3.63, 3.8) is 0 Å². The van der Waals surface area contributed by atoms with Crippen LogP contribution >= 0.6 is 0 Å². The molecule has 0 amide bonds. The molecule has 2 heteroatoms. The first-order valence-corrected chi connectivity index (χ1v) is 24.6. The topological polar surface area (TPSA) is 8.17 Å². The molecular formula is C69H46N2. The second kappa shape index (κ2) is 16.5. The van der Waals surface area contributed by atoms with E-state index in [9.17, 15) is 0 Å². The van der Waals surface area contributed by atoms with Gasteiger partial charge in [0.2, 0.25) is 0 Å². The zero-order valence-corrected chi connectivity index (χ0v) is 39.0. The molecule has 0 spiro atoms. The highest BCUT2D eigenvalue weighted by Crippen LogP contribution is 2.59. The van der Waals surface area contributed by atoms with Gasteiger partial charge in [-0.1, -0.05) is 237 Å². The van der Waals surface area contributed by atoms with Gasteiger partial charge in [0.15, 0.2) is 0 Å². The first-order valence-electron chi connectivity index (χ1n) is 24.6. The highest BCUT2D eigenvalue weighted by atomic mass is 15.1. The highest BCUT2D eigenvalue weighted by Gasteiger charge is 2.47. The summed E-state index contributed by atoms with van der Waals surface area (Å²) in [5.41, 5.74) is 18.5. The summed E-state index contributed by atoms with van der Waals surface area (Å²) in [6.07, 6.45) is 0. The quantitative estimate of drug-likeness (QED) is 0.147. The van der Waals surface area contributed by atoms with Gasteiger partial charge in [-0.25, -0.2) is 0 Å². The van der Waals surface area contributed by atoms with E-state index in [-0.39, 0.29) is 0 Å². The van der Waals surface area contributed by atoms with E-state index in [0.29, 0.717) is 0 Å². The van der Waals surface area contributed by atoms with Crippen molar-refractivity contribution in [2.24, 2.45) is 0 Å². The maximum Gasteiger partial charge on any atom is 0.0720 e. The zero-order chi connectivity index (χ0) is 46.9. The fourth-order valence-electron chi connectivity index (χ4n) is 12.0. The number of fused-ring (bicyclic) bond motifs is 9. The monoisotopic (exact) mass is 902 g/mol. The van der Waals surface area contributed by atoms with E-state index < -0.39 is 5.41 Å². The van der Waals surface area contributed by atoms with Crippen LogP contribution in [0.3, 0.4) is 0 Å². The Morgan fingerprint density at radius 3 is 1.61 bits per heavy atom. The van der Waals surface area contributed by atoms with Crippen molar-refractivity contribution >= 4 is 60.4 Å². The van der Waals surface area contributed by atoms with Crippen LogP contribution in [0.15, 0.2) is 279 Å². The first kappa shape index (κ1) is 40.8. The summed E-state index contributed by atoms with van der Waals surface area (Å²) in [5.74, 6) is 0. The molecule has 0 radical (unpaired) electrons. The Morgan fingerprint density at radius 2 is 0.845 bits per heavy atom. The van der Waals surface area contributed by atoms with Gasteiger partial charge in [-0.15, -0.1) is 0 Å². The summed E-state index contributed by atoms with van der Waals surface area (Å²) in [7, 11) is 0. The van der Waals surface area contributed by atoms with Crippen LogP contribution in [-0.2, 0) is 5.41 Å². The summed E-state index contributed by atoms with van der Waals surface area (Å²) >= 11 is 0. The molecule has 1 aliphatic carbocycles. The van der Waals surface area contributed by atoms with Crippen LogP contribution in [0.5, 0.6) is 0 Å². The van der Waals surface area contributed by atoms with E-state index in [2.05, 4.69) is 289 Å². The fraction of sp³-hybridized carbons (Fsp3) is 0.0145. The summed E-state index contributed by atoms with van der Waals surface area (Å²) in [5, 5.41) is 7.27. The summed E-state index contributed by atoms with van der Waals surface area (Å²) in [6, 6.07) is 103. The molecule has 0 N–H and O–H groups in total. The maximum absolute atomic E-state index is 2.50. The van der Waals surface area contributed by atoms with Gasteiger partial charge < -0.3 is 9.47 Å². The van der Waals surface area contributed by atoms with E-state index in [0.717, 1.165) is 28.3 Å². The van der Waals surface area contributed by atoms with Crippen LogP contribution in [0.25, 0.3) is 82.4 Å². The average Bonchev–Trinajstić information content (AvgIpc) is 3.94. The molecule has 0 saturated carbocycles. The molecule has 71 heavy (non-hydrogen) atoms. The first-order chi connectivity index (χ1) is 35.2. The Kier molecular flexibility index (Phi) is 9.47. The van der Waals surface area contributed by atoms with Crippen LogP contribution < -0.4 is 4.90 Å². The lowest BCUT2D eigenvalue weighted by Gasteiger charge is -2.36. The molecule has 0 aliphatic heterocycles. The van der Waals surface area contributed by atoms with Crippen molar-refractivity contribution in [3.05, 3.63) is 301 Å². The van der Waals surface area contributed by atoms with Crippen molar-refractivity contribution in [1.29, 1.82) is 0 Å². The van der Waals surface area contributed by atoms with E-state index in [4.69, 9.17) is 0 Å². The van der Waals surface area contributed by atoms with E-state index in [1.165, 1.54) is 93.5 Å². The predicted molar refractivity (Wildman–Crippen MR) is 299 cm³/mol. The Morgan fingerprint density at radius 1 is 0.310 bits per heavy atom. The van der Waals surface area contributed by atoms with E-state index >= 15 is 0 Å². The van der Waals surface area contributed by atoms with Crippen molar-refractivity contribution in [3.8, 4) is 39.1 Å². The molecule has 0 saturated heterocycles. The third-order valence-electron chi connectivity index (χ3n) is 15.0. The van der Waals surface area contributed by atoms with Crippen LogP contribution in [0.2, 0.25) is 0 Å². The molecule has 1 heterocycles. The minimum Gasteiger partial charge on any atom is -0.310 e. The Hall–Kier alpha value is -9.24. The molecule has 0 bridgehead atoms. The van der Waals surface area contributed by atoms with Gasteiger partial charge in [0.05, 0.1) is 22.1 Å². The zero-order valence-electron chi connectivity index (χ0n) is 39.0. The molecular weight excluding hydrogens is 857 g/mol. The second-order valence-electron chi connectivity index (χ2n) is 18.8. The molecule has 12 aromatic carbocycles. The van der Waals surface area contributed by atoms with Gasteiger partial charge in [-0.05, 0) is 109 Å². The van der Waals surface area contributed by atoms with Crippen LogP contribution in [0, 0.1) is 0 Å². The Balaban J connectivity index is 1.05. The molecule has 2 nitrogen and oxygen atoms in total. The fourth-order valence-corrected chi connectivity index (χ4v) is 12.0. The largest absolute Gasteiger partial charge is 0.310 e. The third kappa shape index (κ3) is 6.35. The molecule has 1 aromatic heterocycles. The van der Waals surface area contributed by atoms with Gasteiger partial charge in [0.25, 0.3) is 0 Å². The predicted octanol–water partition coefficient (Wildman–Crippen LogP) is 18.3. The Bertz CT molecular complexity index is 4150. The standard InChI is InChI=1S/C69H46N2/c1-4-19-47(20-5-1)48-35-38-53(39-36-48)71-67-46-55(41-44-61(67)62-42-37-51-24-11-13-30-58(51)68(62)71)70(66-34-18-25-50-23-10-12-29-57(50)66)54-40-43-60-59-31-15-17-33-64(59)69(65(60)45-54,52-26-8-3-9-27-52)63-32-16-14-28-56(63)49-21-6-2-7-22-49/h1-46H. The van der Waals surface area contributed by atoms with Gasteiger partial charge in [0, 0.05) is 38.6 Å². The molecule has 1 atom stereocenters. The van der Waals surface area contributed by atoms with Crippen LogP contribution in [0.4, 0.5) is 17.1 Å². The van der Waals surface area contributed by atoms with E-state index in [1.54, 1.807) is 0 Å². The smallest absolute Gasteiger partial charge is 0.0720 e. The molecule has 1 aliphatic rings. The van der Waals surface area contributed by atoms with E-state index in [1.807, 2.05) is 0 Å². The van der Waals surface area contributed by atoms with Gasteiger partial charge in [0.1, 0.15) is 0 Å². The second-order valence-corrected chi connectivity index (χ2v) is 18.8. The lowest BCUT2D eigenvalue weighted by molar-refractivity contribution is 0.770. The maximum atomic E-state index is 2.50. The number of hydrogen-bond donors (Lipinski definition) is 0.